The molecule has 2 aliphatic rings. The summed E-state index contributed by atoms with van der Waals surface area (Å²) in [7, 11) is 0. The summed E-state index contributed by atoms with van der Waals surface area (Å²) >= 11 is 0. The zero-order valence-corrected chi connectivity index (χ0v) is 14.4. The molecular weight excluding hydrogens is 352 g/mol. The summed E-state index contributed by atoms with van der Waals surface area (Å²) < 4.78 is 33.6. The molecular formula is C20H17F2N3O2. The van der Waals surface area contributed by atoms with Crippen LogP contribution in [0.3, 0.4) is 0 Å². The number of hydrogen-bond donors (Lipinski definition) is 2. The van der Waals surface area contributed by atoms with Gasteiger partial charge in [-0.05, 0) is 35.9 Å². The highest BCUT2D eigenvalue weighted by molar-refractivity contribution is 5.84. The molecule has 0 saturated carbocycles. The van der Waals surface area contributed by atoms with Crippen molar-refractivity contribution in [3.05, 3.63) is 59.9 Å². The molecule has 0 atom stereocenters. The largest absolute Gasteiger partial charge is 0.381 e. The third-order valence-corrected chi connectivity index (χ3v) is 5.10. The van der Waals surface area contributed by atoms with Gasteiger partial charge in [-0.2, -0.15) is 0 Å². The number of hydroxylamine groups is 1. The highest BCUT2D eigenvalue weighted by atomic mass is 19.1. The molecule has 1 saturated heterocycles. The second-order valence-electron chi connectivity index (χ2n) is 6.85. The second kappa shape index (κ2) is 6.14. The summed E-state index contributed by atoms with van der Waals surface area (Å²) in [6.07, 6.45) is 3.59. The lowest BCUT2D eigenvalue weighted by molar-refractivity contribution is -0.0956. The van der Waals surface area contributed by atoms with Crippen molar-refractivity contribution in [2.75, 3.05) is 13.2 Å². The Kier molecular flexibility index (Phi) is 3.73. The van der Waals surface area contributed by atoms with Gasteiger partial charge in [0.25, 0.3) is 0 Å². The topological polar surface area (TPSA) is 59.2 Å². The van der Waals surface area contributed by atoms with Gasteiger partial charge in [0.05, 0.1) is 16.6 Å². The molecule has 2 aliphatic heterocycles. The lowest BCUT2D eigenvalue weighted by atomic mass is 9.94. The van der Waals surface area contributed by atoms with Gasteiger partial charge in [-0.15, -0.1) is 0 Å². The highest BCUT2D eigenvalue weighted by Crippen LogP contribution is 2.34. The third kappa shape index (κ3) is 2.79. The molecule has 1 fully saturated rings. The number of fused-ring (bicyclic) bond motifs is 1. The van der Waals surface area contributed by atoms with Crippen LogP contribution in [0.4, 0.5) is 8.78 Å². The van der Waals surface area contributed by atoms with Crippen molar-refractivity contribution in [3.63, 3.8) is 0 Å². The summed E-state index contributed by atoms with van der Waals surface area (Å²) in [5.74, 6) is -0.562. The van der Waals surface area contributed by atoms with Crippen LogP contribution in [0.25, 0.3) is 27.9 Å². The van der Waals surface area contributed by atoms with Crippen molar-refractivity contribution in [2.24, 2.45) is 0 Å². The molecule has 2 N–H and O–H groups in total. The van der Waals surface area contributed by atoms with E-state index in [1.165, 1.54) is 18.2 Å². The Morgan fingerprint density at radius 3 is 2.59 bits per heavy atom. The first-order chi connectivity index (χ1) is 13.1. The van der Waals surface area contributed by atoms with Crippen molar-refractivity contribution in [1.29, 1.82) is 0 Å². The third-order valence-electron chi connectivity index (χ3n) is 5.10. The molecule has 5 nitrogen and oxygen atoms in total. The minimum atomic E-state index is -0.593. The van der Waals surface area contributed by atoms with Gasteiger partial charge < -0.3 is 9.72 Å². The maximum atomic E-state index is 14.1. The number of halogens is 2. The fourth-order valence-electron chi connectivity index (χ4n) is 3.62. The minimum Gasteiger partial charge on any atom is -0.381 e. The van der Waals surface area contributed by atoms with E-state index in [9.17, 15) is 8.78 Å². The number of aromatic amines is 1. The van der Waals surface area contributed by atoms with E-state index in [4.69, 9.17) is 9.57 Å². The van der Waals surface area contributed by atoms with Gasteiger partial charge in [-0.25, -0.2) is 13.8 Å². The van der Waals surface area contributed by atoms with Gasteiger partial charge in [-0.1, -0.05) is 12.1 Å². The van der Waals surface area contributed by atoms with Gasteiger partial charge in [0.2, 0.25) is 0 Å². The average molecular weight is 369 g/mol. The molecule has 0 bridgehead atoms. The fraction of sp³-hybridized carbons (Fsp3) is 0.250. The van der Waals surface area contributed by atoms with Gasteiger partial charge in [0.1, 0.15) is 22.9 Å². The maximum Gasteiger partial charge on any atom is 0.156 e. The quantitative estimate of drug-likeness (QED) is 0.719. The first kappa shape index (κ1) is 16.4. The number of hydrogen-bond acceptors (Lipinski definition) is 4. The van der Waals surface area contributed by atoms with Gasteiger partial charge in [0.15, 0.2) is 5.82 Å². The summed E-state index contributed by atoms with van der Waals surface area (Å²) in [5, 5.41) is 0. The first-order valence-corrected chi connectivity index (χ1v) is 8.83. The molecule has 2 aromatic carbocycles. The van der Waals surface area contributed by atoms with Crippen LogP contribution in [-0.2, 0) is 9.57 Å². The lowest BCUT2D eigenvalue weighted by Crippen LogP contribution is -2.36. The monoisotopic (exact) mass is 369 g/mol. The van der Waals surface area contributed by atoms with Crippen LogP contribution in [0.5, 0.6) is 0 Å². The SMILES string of the molecule is Fc1cccc(F)c1-c1ccc2nc(C3=CC4(CCOCC4)ON3)[nH]c2c1. The molecule has 0 unspecified atom stereocenters. The number of ether oxygens (including phenoxy) is 1. The van der Waals surface area contributed by atoms with Gasteiger partial charge in [-0.3, -0.25) is 10.3 Å². The molecule has 5 rings (SSSR count). The molecule has 27 heavy (non-hydrogen) atoms. The van der Waals surface area contributed by atoms with Crippen LogP contribution in [0, 0.1) is 11.6 Å². The molecule has 0 aliphatic carbocycles. The van der Waals surface area contributed by atoms with Crippen LogP contribution in [0.1, 0.15) is 18.7 Å². The molecule has 138 valence electrons. The second-order valence-corrected chi connectivity index (χ2v) is 6.85. The number of rotatable bonds is 2. The Balaban J connectivity index is 1.53. The minimum absolute atomic E-state index is 0.0433. The summed E-state index contributed by atoms with van der Waals surface area (Å²) in [6, 6.07) is 8.97. The smallest absolute Gasteiger partial charge is 0.156 e. The normalized spacial score (nSPS) is 18.7. The Morgan fingerprint density at radius 2 is 1.81 bits per heavy atom. The van der Waals surface area contributed by atoms with E-state index in [0.717, 1.165) is 18.5 Å². The number of aromatic nitrogens is 2. The van der Waals surface area contributed by atoms with Gasteiger partial charge in [0, 0.05) is 26.1 Å². The van der Waals surface area contributed by atoms with E-state index >= 15 is 0 Å². The standard InChI is InChI=1S/C20H17F2N3O2/c21-13-2-1-3-14(22)18(13)12-4-5-15-16(10-12)24-19(23-15)17-11-20(27-25-17)6-8-26-9-7-20/h1-5,10-11,25H,6-9H2,(H,23,24). The van der Waals surface area contributed by atoms with E-state index in [0.29, 0.717) is 35.6 Å². The lowest BCUT2D eigenvalue weighted by Gasteiger charge is -2.29. The van der Waals surface area contributed by atoms with Crippen molar-refractivity contribution >= 4 is 16.7 Å². The van der Waals surface area contributed by atoms with E-state index in [1.54, 1.807) is 18.2 Å². The van der Waals surface area contributed by atoms with Gasteiger partial charge >= 0.3 is 0 Å². The van der Waals surface area contributed by atoms with Crippen LogP contribution in [-0.4, -0.2) is 28.8 Å². The predicted octanol–water partition coefficient (Wildman–Crippen LogP) is 3.93. The van der Waals surface area contributed by atoms with Crippen molar-refractivity contribution in [3.8, 4) is 11.1 Å². The predicted molar refractivity (Wildman–Crippen MR) is 96.4 cm³/mol. The van der Waals surface area contributed by atoms with E-state index in [2.05, 4.69) is 15.4 Å². The number of imidazole rings is 1. The summed E-state index contributed by atoms with van der Waals surface area (Å²) in [6.45, 7) is 1.31. The average Bonchev–Trinajstić information content (AvgIpc) is 3.26. The zero-order valence-electron chi connectivity index (χ0n) is 14.4. The molecule has 0 amide bonds. The molecule has 1 aromatic heterocycles. The Hall–Kier alpha value is -2.77. The van der Waals surface area contributed by atoms with Crippen LogP contribution in [0.15, 0.2) is 42.5 Å². The van der Waals surface area contributed by atoms with Crippen molar-refractivity contribution in [2.45, 2.75) is 18.4 Å². The Morgan fingerprint density at radius 1 is 1.04 bits per heavy atom. The van der Waals surface area contributed by atoms with E-state index in [-0.39, 0.29) is 11.2 Å². The number of nitrogens with one attached hydrogen (secondary N) is 2. The Labute approximate surface area is 154 Å². The van der Waals surface area contributed by atoms with Crippen LogP contribution >= 0.6 is 0 Å². The summed E-state index contributed by atoms with van der Waals surface area (Å²) in [5.41, 5.74) is 5.16. The maximum absolute atomic E-state index is 14.1. The fourth-order valence-corrected chi connectivity index (χ4v) is 3.62. The van der Waals surface area contributed by atoms with E-state index < -0.39 is 11.6 Å². The van der Waals surface area contributed by atoms with Crippen molar-refractivity contribution < 1.29 is 18.4 Å². The van der Waals surface area contributed by atoms with Crippen LogP contribution in [0.2, 0.25) is 0 Å². The number of nitrogens with zero attached hydrogens (tertiary/aromatic N) is 1. The molecule has 7 heteroatoms. The molecule has 0 radical (unpaired) electrons. The molecule has 3 heterocycles. The molecule has 1 spiro atoms. The number of benzene rings is 2. The number of H-pyrrole nitrogens is 1. The Bertz CT molecular complexity index is 1030. The van der Waals surface area contributed by atoms with Crippen LogP contribution < -0.4 is 5.48 Å². The molecule has 3 aromatic rings. The van der Waals surface area contributed by atoms with Crippen molar-refractivity contribution in [1.82, 2.24) is 15.4 Å². The zero-order chi connectivity index (χ0) is 18.4. The summed E-state index contributed by atoms with van der Waals surface area (Å²) in [4.78, 5) is 13.6. The van der Waals surface area contributed by atoms with E-state index in [1.807, 2.05) is 6.08 Å². The highest BCUT2D eigenvalue weighted by Gasteiger charge is 2.37. The first-order valence-electron chi connectivity index (χ1n) is 8.83.